The van der Waals surface area contributed by atoms with Crippen LogP contribution < -0.4 is 4.74 Å². The molecule has 0 aliphatic carbocycles. The van der Waals surface area contributed by atoms with Crippen molar-refractivity contribution in [1.29, 1.82) is 1.66 Å². The van der Waals surface area contributed by atoms with E-state index in [9.17, 15) is 0 Å². The Morgan fingerprint density at radius 2 is 2.25 bits per heavy atom. The Kier molecular flexibility index (Phi) is 2.62. The zero-order valence-electron chi connectivity index (χ0n) is 9.23. The van der Waals surface area contributed by atoms with E-state index in [4.69, 9.17) is 6.40 Å². The van der Waals surface area contributed by atoms with Gasteiger partial charge in [-0.3, -0.25) is 0 Å². The fourth-order valence-electron chi connectivity index (χ4n) is 0.926. The molecule has 0 heterocycles. The summed E-state index contributed by atoms with van der Waals surface area (Å²) in [5.74, 6) is 0.778. The van der Waals surface area contributed by atoms with E-state index < -0.39 is 17.5 Å². The van der Waals surface area contributed by atoms with E-state index in [1.165, 1.54) is 0 Å². The summed E-state index contributed by atoms with van der Waals surface area (Å²) in [4.78, 5) is 0. The van der Waals surface area contributed by atoms with Gasteiger partial charge in [-0.25, -0.2) is 0 Å². The van der Waals surface area contributed by atoms with Crippen LogP contribution in [0.15, 0.2) is 24.3 Å². The van der Waals surface area contributed by atoms with Gasteiger partial charge in [-0.05, 0) is 0 Å². The Balaban J connectivity index is 2.97. The predicted octanol–water partition coefficient (Wildman–Crippen LogP) is 1.64. The molecule has 0 spiro atoms. The molecule has 0 radical (unpaired) electrons. The molecule has 0 unspecified atom stereocenters. The minimum absolute atomic E-state index is 0.127. The number of hydrogen-bond acceptors (Lipinski definition) is 1. The Bertz CT molecular complexity index is 333. The van der Waals surface area contributed by atoms with Crippen molar-refractivity contribution in [2.24, 2.45) is 0 Å². The number of hydrogen-bond donors (Lipinski definition) is 0. The van der Waals surface area contributed by atoms with Crippen LogP contribution in [0.1, 0.15) is 19.4 Å². The topological polar surface area (TPSA) is 9.23 Å². The molecule has 0 bridgehead atoms. The molecule has 0 amide bonds. The standard InChI is InChI=1S/C10H12O.Ru.2H/c1-8(2)11-10-7-5-4-6-9(10)3;;;/h3-8H,1-2H3;;;/i;;2*1+2. The minimum atomic E-state index is -2.21. The zero-order chi connectivity index (χ0) is 10.6. The quantitative estimate of drug-likeness (QED) is 0.746. The molecule has 1 aromatic rings. The van der Waals surface area contributed by atoms with Crippen molar-refractivity contribution in [2.75, 3.05) is 0 Å². The van der Waals surface area contributed by atoms with Gasteiger partial charge in [0.15, 0.2) is 0 Å². The van der Waals surface area contributed by atoms with E-state index in [2.05, 4.69) is 0 Å². The number of benzene rings is 1. The first-order chi connectivity index (χ1) is 6.59. The zero-order valence-corrected chi connectivity index (χ0v) is 8.96. The fraction of sp³-hybridized carbons (Fsp3) is 0.300. The molecule has 0 aliphatic heterocycles. The summed E-state index contributed by atoms with van der Waals surface area (Å²) in [6.45, 7) is 3.93. The van der Waals surface area contributed by atoms with E-state index in [1.807, 2.05) is 38.1 Å². The van der Waals surface area contributed by atoms with Crippen LogP contribution in [-0.2, 0) is 17.5 Å². The van der Waals surface area contributed by atoms with Crippen molar-refractivity contribution in [2.45, 2.75) is 20.0 Å². The molecular formula is C10H14ORu. The number of ether oxygens (including phenoxy) is 1. The second kappa shape index (κ2) is 4.52. The van der Waals surface area contributed by atoms with Gasteiger partial charge < -0.3 is 0 Å². The molecule has 0 atom stereocenters. The summed E-state index contributed by atoms with van der Waals surface area (Å²) in [6, 6.07) is 7.57. The fourth-order valence-corrected chi connectivity index (χ4v) is 1.34. The summed E-state index contributed by atoms with van der Waals surface area (Å²) in [6.07, 6.45) is 0.127. The molecule has 0 aliphatic rings. The van der Waals surface area contributed by atoms with Crippen molar-refractivity contribution in [3.63, 3.8) is 0 Å². The van der Waals surface area contributed by atoms with Crippen LogP contribution in [0.2, 0.25) is 0 Å². The Labute approximate surface area is 84.4 Å². The average Bonchev–Trinajstić information content (AvgIpc) is 2.06. The Hall–Kier alpha value is -0.487. The van der Waals surface area contributed by atoms with Gasteiger partial charge in [0.1, 0.15) is 0 Å². The second-order valence-electron chi connectivity index (χ2n) is 2.81. The van der Waals surface area contributed by atoms with Crippen LogP contribution in [0.4, 0.5) is 0 Å². The second-order valence-corrected chi connectivity index (χ2v) is 3.31. The third-order valence-corrected chi connectivity index (χ3v) is 1.93. The summed E-state index contributed by atoms with van der Waals surface area (Å²) >= 11 is -2.21. The number of rotatable bonds is 3. The molecule has 2 heteroatoms. The summed E-state index contributed by atoms with van der Waals surface area (Å²) in [7, 11) is 0. The van der Waals surface area contributed by atoms with Gasteiger partial charge in [-0.2, -0.15) is 0 Å². The third kappa shape index (κ3) is 2.53. The van der Waals surface area contributed by atoms with Crippen LogP contribution >= 0.6 is 0 Å². The van der Waals surface area contributed by atoms with Crippen LogP contribution in [0.3, 0.4) is 0 Å². The molecule has 1 rings (SSSR count). The maximum absolute atomic E-state index is 7.29. The van der Waals surface area contributed by atoms with Gasteiger partial charge in [0.25, 0.3) is 0 Å². The van der Waals surface area contributed by atoms with Crippen LogP contribution in [-0.4, -0.2) is 12.4 Å². The van der Waals surface area contributed by atoms with Gasteiger partial charge in [0.05, 0.1) is 0 Å². The van der Waals surface area contributed by atoms with Gasteiger partial charge in [0.2, 0.25) is 0 Å². The van der Waals surface area contributed by atoms with Crippen molar-refractivity contribution >= 4 is 4.61 Å². The van der Waals surface area contributed by atoms with Crippen LogP contribution in [0.25, 0.3) is 0 Å². The Morgan fingerprint density at radius 3 is 2.92 bits per heavy atom. The molecule has 0 N–H and O–H groups in total. The van der Waals surface area contributed by atoms with E-state index in [0.717, 1.165) is 11.3 Å². The average molecular weight is 255 g/mol. The van der Waals surface area contributed by atoms with Crippen LogP contribution in [0, 0.1) is 0 Å². The number of para-hydroxylation sites is 1. The molecule has 1 nitrogen and oxygen atoms in total. The first-order valence-corrected chi connectivity index (χ1v) is 4.92. The van der Waals surface area contributed by atoms with Crippen molar-refractivity contribution in [1.82, 2.24) is 0 Å². The molecule has 68 valence electrons. The molecule has 0 saturated carbocycles. The van der Waals surface area contributed by atoms with Crippen LogP contribution in [0.5, 0.6) is 5.75 Å². The van der Waals surface area contributed by atoms with Crippen molar-refractivity contribution in [3.8, 4) is 5.75 Å². The normalized spacial score (nSPS) is 13.4. The predicted molar refractivity (Wildman–Crippen MR) is 50.2 cm³/mol. The monoisotopic (exact) mass is 256 g/mol. The van der Waals surface area contributed by atoms with Gasteiger partial charge in [-0.15, -0.1) is 0 Å². The molecule has 0 saturated heterocycles. The van der Waals surface area contributed by atoms with E-state index >= 15 is 0 Å². The van der Waals surface area contributed by atoms with E-state index in [0.29, 0.717) is 0 Å². The Morgan fingerprint density at radius 1 is 1.50 bits per heavy atom. The summed E-state index contributed by atoms with van der Waals surface area (Å²) < 4.78 is 21.9. The summed E-state index contributed by atoms with van der Waals surface area (Å²) in [5.41, 5.74) is 0.880. The molecular weight excluding hydrogens is 237 g/mol. The first-order valence-electron chi connectivity index (χ1n) is 4.62. The summed E-state index contributed by atoms with van der Waals surface area (Å²) in [5, 5.41) is 0. The maximum atomic E-state index is 7.29. The molecule has 12 heavy (non-hydrogen) atoms. The molecule has 1 aromatic carbocycles. The van der Waals surface area contributed by atoms with Gasteiger partial charge in [0, 0.05) is 0 Å². The van der Waals surface area contributed by atoms with Crippen molar-refractivity contribution in [3.05, 3.63) is 29.8 Å². The molecule has 0 fully saturated rings. The van der Waals surface area contributed by atoms with Gasteiger partial charge >= 0.3 is 84.1 Å². The first kappa shape index (κ1) is 6.97. The SMILES string of the molecule is [3H][Ru]([3H])=[CH]c1ccccc1OC(C)C. The molecule has 0 aromatic heterocycles. The third-order valence-electron chi connectivity index (χ3n) is 1.39. The van der Waals surface area contributed by atoms with Crippen molar-refractivity contribution < 1.29 is 22.3 Å². The van der Waals surface area contributed by atoms with E-state index in [-0.39, 0.29) is 6.10 Å². The van der Waals surface area contributed by atoms with E-state index in [1.54, 1.807) is 4.61 Å². The van der Waals surface area contributed by atoms with Gasteiger partial charge in [-0.1, -0.05) is 0 Å².